The van der Waals surface area contributed by atoms with E-state index in [1.807, 2.05) is 32.0 Å². The van der Waals surface area contributed by atoms with Gasteiger partial charge in [0.25, 0.3) is 0 Å². The van der Waals surface area contributed by atoms with Crippen molar-refractivity contribution in [3.05, 3.63) is 35.9 Å². The van der Waals surface area contributed by atoms with Crippen LogP contribution in [0.1, 0.15) is 25.8 Å². The van der Waals surface area contributed by atoms with Gasteiger partial charge in [-0.3, -0.25) is 0 Å². The van der Waals surface area contributed by atoms with Gasteiger partial charge < -0.3 is 9.84 Å². The second-order valence-corrected chi connectivity index (χ2v) is 4.73. The Morgan fingerprint density at radius 1 is 1.33 bits per heavy atom. The third-order valence-electron chi connectivity index (χ3n) is 2.98. The molecule has 0 bridgehead atoms. The lowest BCUT2D eigenvalue weighted by atomic mass is 10.00. The normalized spacial score (nSPS) is 24.9. The lowest BCUT2D eigenvalue weighted by molar-refractivity contribution is 0.126. The smallest absolute Gasteiger partial charge is 0.113 e. The zero-order valence-corrected chi connectivity index (χ0v) is 9.31. The third kappa shape index (κ3) is 2.58. The predicted molar refractivity (Wildman–Crippen MR) is 59.7 cm³/mol. The first-order chi connectivity index (χ1) is 7.09. The van der Waals surface area contributed by atoms with Crippen molar-refractivity contribution < 1.29 is 9.84 Å². The summed E-state index contributed by atoms with van der Waals surface area (Å²) < 4.78 is 5.40. The van der Waals surface area contributed by atoms with E-state index in [0.717, 1.165) is 12.8 Å². The lowest BCUT2D eigenvalue weighted by Gasteiger charge is -2.08. The predicted octanol–water partition coefficient (Wildman–Crippen LogP) is 2.16. The Bertz CT molecular complexity index is 319. The lowest BCUT2D eigenvalue weighted by Crippen LogP contribution is -2.21. The van der Waals surface area contributed by atoms with Gasteiger partial charge in [-0.2, -0.15) is 0 Å². The van der Waals surface area contributed by atoms with Crippen LogP contribution >= 0.6 is 0 Å². The van der Waals surface area contributed by atoms with Gasteiger partial charge in [0.2, 0.25) is 0 Å². The van der Waals surface area contributed by atoms with Crippen LogP contribution in [0.2, 0.25) is 0 Å². The minimum absolute atomic E-state index is 0.0289. The number of hydrogen-bond acceptors (Lipinski definition) is 2. The number of benzene rings is 1. The Morgan fingerprint density at radius 3 is 2.47 bits per heavy atom. The Hall–Kier alpha value is -0.860. The summed E-state index contributed by atoms with van der Waals surface area (Å²) in [6.45, 7) is 4.03. The topological polar surface area (TPSA) is 32.8 Å². The van der Waals surface area contributed by atoms with E-state index in [1.165, 1.54) is 5.56 Å². The van der Waals surface area contributed by atoms with Crippen molar-refractivity contribution in [2.24, 2.45) is 0 Å². The minimum Gasteiger partial charge on any atom is -0.390 e. The number of hydrogen-bond donors (Lipinski definition) is 1. The molecule has 82 valence electrons. The monoisotopic (exact) mass is 206 g/mol. The summed E-state index contributed by atoms with van der Waals surface area (Å²) in [7, 11) is 0. The van der Waals surface area contributed by atoms with E-state index in [0.29, 0.717) is 0 Å². The largest absolute Gasteiger partial charge is 0.390 e. The first kappa shape index (κ1) is 10.7. The molecule has 0 aromatic heterocycles. The summed E-state index contributed by atoms with van der Waals surface area (Å²) in [4.78, 5) is 0. The highest BCUT2D eigenvalue weighted by molar-refractivity contribution is 5.15. The van der Waals surface area contributed by atoms with Gasteiger partial charge >= 0.3 is 0 Å². The van der Waals surface area contributed by atoms with E-state index in [1.54, 1.807) is 0 Å². The fraction of sp³-hybridized carbons (Fsp3) is 0.538. The Kier molecular flexibility index (Phi) is 2.81. The zero-order chi connectivity index (χ0) is 10.9. The molecule has 0 unspecified atom stereocenters. The van der Waals surface area contributed by atoms with Gasteiger partial charge in [0.1, 0.15) is 6.10 Å². The fourth-order valence-corrected chi connectivity index (χ4v) is 1.95. The van der Waals surface area contributed by atoms with Crippen LogP contribution in [-0.2, 0) is 11.2 Å². The summed E-state index contributed by atoms with van der Waals surface area (Å²) in [6, 6.07) is 10.2. The summed E-state index contributed by atoms with van der Waals surface area (Å²) in [5.74, 6) is 0. The van der Waals surface area contributed by atoms with Crippen LogP contribution in [0.25, 0.3) is 0 Å². The molecular formula is C13H18O2. The Labute approximate surface area is 90.9 Å². The molecule has 1 aliphatic rings. The van der Waals surface area contributed by atoms with Crippen molar-refractivity contribution in [2.45, 2.75) is 44.5 Å². The van der Waals surface area contributed by atoms with Crippen molar-refractivity contribution in [1.82, 2.24) is 0 Å². The molecule has 0 radical (unpaired) electrons. The molecule has 1 saturated heterocycles. The van der Waals surface area contributed by atoms with Crippen LogP contribution in [0.3, 0.4) is 0 Å². The highest BCUT2D eigenvalue weighted by Gasteiger charge is 2.51. The number of rotatable bonds is 4. The first-order valence-corrected chi connectivity index (χ1v) is 5.49. The Morgan fingerprint density at radius 2 is 1.93 bits per heavy atom. The quantitative estimate of drug-likeness (QED) is 0.766. The molecule has 1 aromatic carbocycles. The van der Waals surface area contributed by atoms with E-state index >= 15 is 0 Å². The van der Waals surface area contributed by atoms with E-state index in [-0.39, 0.29) is 17.8 Å². The summed E-state index contributed by atoms with van der Waals surface area (Å²) in [6.07, 6.45) is 1.39. The highest BCUT2D eigenvalue weighted by atomic mass is 16.6. The van der Waals surface area contributed by atoms with Gasteiger partial charge in [0.05, 0.1) is 11.7 Å². The molecule has 0 spiro atoms. The van der Waals surface area contributed by atoms with E-state index in [4.69, 9.17) is 4.74 Å². The maximum absolute atomic E-state index is 9.86. The van der Waals surface area contributed by atoms with Crippen molar-refractivity contribution >= 4 is 0 Å². The number of aliphatic hydroxyl groups is 1. The molecule has 0 aliphatic carbocycles. The maximum atomic E-state index is 9.86. The van der Waals surface area contributed by atoms with Crippen LogP contribution in [0, 0.1) is 0 Å². The standard InChI is InChI=1S/C13H18O2/c1-13(2)12(15-13)11(14)9-8-10-6-4-3-5-7-10/h3-7,11-12,14H,8-9H2,1-2H3/t11-,12+/m1/s1. The third-order valence-corrected chi connectivity index (χ3v) is 2.98. The summed E-state index contributed by atoms with van der Waals surface area (Å²) >= 11 is 0. The van der Waals surface area contributed by atoms with Gasteiger partial charge in [0.15, 0.2) is 0 Å². The fourth-order valence-electron chi connectivity index (χ4n) is 1.95. The Balaban J connectivity index is 1.80. The van der Waals surface area contributed by atoms with Gasteiger partial charge in [-0.15, -0.1) is 0 Å². The number of epoxide rings is 1. The molecule has 2 heteroatoms. The molecular weight excluding hydrogens is 188 g/mol. The zero-order valence-electron chi connectivity index (χ0n) is 9.31. The van der Waals surface area contributed by atoms with Crippen LogP contribution in [0.15, 0.2) is 30.3 Å². The average Bonchev–Trinajstić information content (AvgIpc) is 2.86. The molecule has 2 rings (SSSR count). The molecule has 1 fully saturated rings. The van der Waals surface area contributed by atoms with E-state index in [2.05, 4.69) is 12.1 Å². The number of ether oxygens (including phenoxy) is 1. The van der Waals surface area contributed by atoms with Crippen molar-refractivity contribution in [1.29, 1.82) is 0 Å². The molecule has 1 N–H and O–H groups in total. The van der Waals surface area contributed by atoms with E-state index < -0.39 is 0 Å². The highest BCUT2D eigenvalue weighted by Crippen LogP contribution is 2.38. The second-order valence-electron chi connectivity index (χ2n) is 4.73. The van der Waals surface area contributed by atoms with Gasteiger partial charge in [-0.05, 0) is 32.3 Å². The maximum Gasteiger partial charge on any atom is 0.113 e. The first-order valence-electron chi connectivity index (χ1n) is 5.49. The van der Waals surface area contributed by atoms with E-state index in [9.17, 15) is 5.11 Å². The van der Waals surface area contributed by atoms with Crippen LogP contribution in [-0.4, -0.2) is 22.9 Å². The van der Waals surface area contributed by atoms with Gasteiger partial charge in [-0.25, -0.2) is 0 Å². The molecule has 1 heterocycles. The number of aryl methyl sites for hydroxylation is 1. The van der Waals surface area contributed by atoms with Crippen molar-refractivity contribution in [3.8, 4) is 0 Å². The molecule has 15 heavy (non-hydrogen) atoms. The van der Waals surface area contributed by atoms with Gasteiger partial charge in [0, 0.05) is 0 Å². The average molecular weight is 206 g/mol. The molecule has 2 nitrogen and oxygen atoms in total. The van der Waals surface area contributed by atoms with Crippen LogP contribution < -0.4 is 0 Å². The van der Waals surface area contributed by atoms with Crippen molar-refractivity contribution in [3.63, 3.8) is 0 Å². The summed E-state index contributed by atoms with van der Waals surface area (Å²) in [5, 5.41) is 9.86. The van der Waals surface area contributed by atoms with Crippen LogP contribution in [0.5, 0.6) is 0 Å². The van der Waals surface area contributed by atoms with Crippen molar-refractivity contribution in [2.75, 3.05) is 0 Å². The molecule has 2 atom stereocenters. The molecule has 1 aliphatic heterocycles. The molecule has 0 amide bonds. The molecule has 0 saturated carbocycles. The SMILES string of the molecule is CC1(C)O[C@H]1[C@H](O)CCc1ccccc1. The number of aliphatic hydroxyl groups excluding tert-OH is 1. The minimum atomic E-state index is -0.333. The van der Waals surface area contributed by atoms with Crippen LogP contribution in [0.4, 0.5) is 0 Å². The summed E-state index contributed by atoms with van der Waals surface area (Å²) in [5.41, 5.74) is 1.16. The molecule has 1 aromatic rings. The van der Waals surface area contributed by atoms with Gasteiger partial charge in [-0.1, -0.05) is 30.3 Å². The second kappa shape index (κ2) is 3.95.